The van der Waals surface area contributed by atoms with Gasteiger partial charge in [-0.05, 0) is 44.4 Å². The minimum absolute atomic E-state index is 0.341. The van der Waals surface area contributed by atoms with Crippen molar-refractivity contribution in [2.75, 3.05) is 0 Å². The number of nitrogens with zero attached hydrogens (tertiary/aromatic N) is 1. The fraction of sp³-hybridized carbons (Fsp3) is 0.235. The number of benzene rings is 1. The summed E-state index contributed by atoms with van der Waals surface area (Å²) in [4.78, 5) is 13.6. The van der Waals surface area contributed by atoms with Gasteiger partial charge in [-0.3, -0.25) is 0 Å². The van der Waals surface area contributed by atoms with E-state index in [2.05, 4.69) is 0 Å². The van der Waals surface area contributed by atoms with Crippen molar-refractivity contribution in [1.29, 1.82) is 0 Å². The van der Waals surface area contributed by atoms with E-state index in [0.29, 0.717) is 0 Å². The van der Waals surface area contributed by atoms with Crippen LogP contribution in [0.1, 0.15) is 20.8 Å². The van der Waals surface area contributed by atoms with Crippen LogP contribution in [0.3, 0.4) is 0 Å². The molecule has 3 aromatic rings. The molecule has 0 N–H and O–H groups in total. The van der Waals surface area contributed by atoms with E-state index < -0.39 is 5.60 Å². The SMILES string of the molecule is CC(C)(C)OC(=O)n1c(-c2cccs2)cc2ccccc21. The number of rotatable bonds is 1. The maximum atomic E-state index is 12.6. The van der Waals surface area contributed by atoms with Crippen molar-refractivity contribution in [1.82, 2.24) is 4.57 Å². The molecule has 2 heterocycles. The lowest BCUT2D eigenvalue weighted by molar-refractivity contribution is 0.0547. The molecule has 1 aromatic carbocycles. The number of aromatic nitrogens is 1. The molecule has 0 spiro atoms. The molecule has 0 bridgehead atoms. The molecule has 0 saturated heterocycles. The Balaban J connectivity index is 2.19. The summed E-state index contributed by atoms with van der Waals surface area (Å²) in [7, 11) is 0. The molecule has 108 valence electrons. The number of carbonyl (C=O) groups excluding carboxylic acids is 1. The lowest BCUT2D eigenvalue weighted by Gasteiger charge is -2.20. The number of para-hydroxylation sites is 1. The van der Waals surface area contributed by atoms with Crippen molar-refractivity contribution >= 4 is 28.3 Å². The zero-order chi connectivity index (χ0) is 15.0. The first-order valence-corrected chi connectivity index (χ1v) is 7.71. The fourth-order valence-electron chi connectivity index (χ4n) is 2.26. The van der Waals surface area contributed by atoms with Gasteiger partial charge >= 0.3 is 6.09 Å². The van der Waals surface area contributed by atoms with E-state index in [1.54, 1.807) is 15.9 Å². The maximum Gasteiger partial charge on any atom is 0.419 e. The largest absolute Gasteiger partial charge is 0.443 e. The van der Waals surface area contributed by atoms with Crippen LogP contribution < -0.4 is 0 Å². The quantitative estimate of drug-likeness (QED) is 0.622. The van der Waals surface area contributed by atoms with E-state index in [0.717, 1.165) is 21.5 Å². The van der Waals surface area contributed by atoms with Gasteiger partial charge in [-0.25, -0.2) is 9.36 Å². The molecule has 0 amide bonds. The van der Waals surface area contributed by atoms with Crippen LogP contribution in [0.15, 0.2) is 47.8 Å². The molecular formula is C17H17NO2S. The van der Waals surface area contributed by atoms with Crippen LogP contribution in [0.5, 0.6) is 0 Å². The molecule has 0 aliphatic heterocycles. The Morgan fingerprint density at radius 2 is 1.90 bits per heavy atom. The van der Waals surface area contributed by atoms with E-state index in [9.17, 15) is 4.79 Å². The standard InChI is InChI=1S/C17H17NO2S/c1-17(2,3)20-16(19)18-13-8-5-4-7-12(13)11-14(18)15-9-6-10-21-15/h4-11H,1-3H3. The van der Waals surface area contributed by atoms with Gasteiger partial charge < -0.3 is 4.74 Å². The van der Waals surface area contributed by atoms with Crippen LogP contribution in [-0.4, -0.2) is 16.3 Å². The van der Waals surface area contributed by atoms with Crippen molar-refractivity contribution in [3.8, 4) is 10.6 Å². The van der Waals surface area contributed by atoms with Crippen LogP contribution in [0.25, 0.3) is 21.5 Å². The molecule has 4 heteroatoms. The summed E-state index contributed by atoms with van der Waals surface area (Å²) >= 11 is 1.61. The smallest absolute Gasteiger partial charge is 0.419 e. The second-order valence-corrected chi connectivity index (χ2v) is 6.83. The zero-order valence-corrected chi connectivity index (χ0v) is 13.1. The molecule has 3 rings (SSSR count). The third-order valence-electron chi connectivity index (χ3n) is 3.06. The zero-order valence-electron chi connectivity index (χ0n) is 12.3. The Kier molecular flexibility index (Phi) is 3.33. The van der Waals surface area contributed by atoms with Crippen LogP contribution in [0.2, 0.25) is 0 Å². The van der Waals surface area contributed by atoms with E-state index >= 15 is 0 Å². The summed E-state index contributed by atoms with van der Waals surface area (Å²) in [6, 6.07) is 13.9. The van der Waals surface area contributed by atoms with E-state index in [1.807, 2.05) is 68.6 Å². The number of hydrogen-bond donors (Lipinski definition) is 0. The van der Waals surface area contributed by atoms with Crippen LogP contribution >= 0.6 is 11.3 Å². The highest BCUT2D eigenvalue weighted by atomic mass is 32.1. The van der Waals surface area contributed by atoms with Crippen molar-refractivity contribution in [2.45, 2.75) is 26.4 Å². The highest BCUT2D eigenvalue weighted by Crippen LogP contribution is 2.31. The highest BCUT2D eigenvalue weighted by Gasteiger charge is 2.22. The molecule has 0 atom stereocenters. The van der Waals surface area contributed by atoms with Crippen molar-refractivity contribution < 1.29 is 9.53 Å². The number of thiophene rings is 1. The van der Waals surface area contributed by atoms with Crippen LogP contribution in [-0.2, 0) is 4.74 Å². The van der Waals surface area contributed by atoms with Crippen LogP contribution in [0.4, 0.5) is 4.79 Å². The topological polar surface area (TPSA) is 31.2 Å². The molecule has 0 radical (unpaired) electrons. The summed E-state index contributed by atoms with van der Waals surface area (Å²) in [6.45, 7) is 5.63. The summed E-state index contributed by atoms with van der Waals surface area (Å²) in [5.74, 6) is 0. The van der Waals surface area contributed by atoms with Crippen molar-refractivity contribution in [2.24, 2.45) is 0 Å². The Hall–Kier alpha value is -2.07. The van der Waals surface area contributed by atoms with E-state index in [-0.39, 0.29) is 6.09 Å². The normalized spacial score (nSPS) is 11.8. The second-order valence-electron chi connectivity index (χ2n) is 5.88. The average molecular weight is 299 g/mol. The summed E-state index contributed by atoms with van der Waals surface area (Å²) in [5, 5.41) is 3.04. The third kappa shape index (κ3) is 2.72. The van der Waals surface area contributed by atoms with Gasteiger partial charge in [-0.1, -0.05) is 24.3 Å². The predicted molar refractivity (Wildman–Crippen MR) is 86.9 cm³/mol. The summed E-state index contributed by atoms with van der Waals surface area (Å²) < 4.78 is 7.22. The molecule has 0 aliphatic rings. The van der Waals surface area contributed by atoms with Gasteiger partial charge in [0.25, 0.3) is 0 Å². The molecule has 21 heavy (non-hydrogen) atoms. The monoisotopic (exact) mass is 299 g/mol. The first-order chi connectivity index (χ1) is 9.96. The Labute approximate surface area is 127 Å². The predicted octanol–water partition coefficient (Wildman–Crippen LogP) is 5.15. The van der Waals surface area contributed by atoms with Gasteiger partial charge in [0.15, 0.2) is 0 Å². The molecule has 3 nitrogen and oxygen atoms in total. The van der Waals surface area contributed by atoms with Gasteiger partial charge in [0.1, 0.15) is 5.60 Å². The van der Waals surface area contributed by atoms with Crippen LogP contribution in [0, 0.1) is 0 Å². The van der Waals surface area contributed by atoms with Gasteiger partial charge in [-0.15, -0.1) is 11.3 Å². The third-order valence-corrected chi connectivity index (χ3v) is 3.95. The average Bonchev–Trinajstić information content (AvgIpc) is 3.03. The molecule has 0 aliphatic carbocycles. The van der Waals surface area contributed by atoms with Gasteiger partial charge in [0.05, 0.1) is 16.1 Å². The first-order valence-electron chi connectivity index (χ1n) is 6.83. The molecular weight excluding hydrogens is 282 g/mol. The first kappa shape index (κ1) is 13.9. The van der Waals surface area contributed by atoms with E-state index in [4.69, 9.17) is 4.74 Å². The Morgan fingerprint density at radius 1 is 1.14 bits per heavy atom. The maximum absolute atomic E-state index is 12.6. The molecule has 0 saturated carbocycles. The molecule has 0 unspecified atom stereocenters. The number of hydrogen-bond acceptors (Lipinski definition) is 3. The van der Waals surface area contributed by atoms with Gasteiger partial charge in [-0.2, -0.15) is 0 Å². The number of ether oxygens (including phenoxy) is 1. The van der Waals surface area contributed by atoms with Gasteiger partial charge in [0.2, 0.25) is 0 Å². The minimum Gasteiger partial charge on any atom is -0.443 e. The van der Waals surface area contributed by atoms with Crippen molar-refractivity contribution in [3.05, 3.63) is 47.8 Å². The number of fused-ring (bicyclic) bond motifs is 1. The highest BCUT2D eigenvalue weighted by molar-refractivity contribution is 7.13. The Bertz CT molecular complexity index is 779. The minimum atomic E-state index is -0.519. The van der Waals surface area contributed by atoms with Gasteiger partial charge in [0, 0.05) is 5.39 Å². The number of carbonyl (C=O) groups is 1. The molecule has 0 fully saturated rings. The molecule has 2 aromatic heterocycles. The van der Waals surface area contributed by atoms with Crippen molar-refractivity contribution in [3.63, 3.8) is 0 Å². The lowest BCUT2D eigenvalue weighted by atomic mass is 10.2. The summed E-state index contributed by atoms with van der Waals surface area (Å²) in [6.07, 6.45) is -0.341. The Morgan fingerprint density at radius 3 is 2.57 bits per heavy atom. The second kappa shape index (κ2) is 5.04. The van der Waals surface area contributed by atoms with E-state index in [1.165, 1.54) is 0 Å². The fourth-order valence-corrected chi connectivity index (χ4v) is 3.00. The summed E-state index contributed by atoms with van der Waals surface area (Å²) in [5.41, 5.74) is 1.23. The lowest BCUT2D eigenvalue weighted by Crippen LogP contribution is -2.27.